The van der Waals surface area contributed by atoms with Crippen molar-refractivity contribution in [3.05, 3.63) is 28.2 Å². The van der Waals surface area contributed by atoms with Crippen molar-refractivity contribution in [1.29, 1.82) is 0 Å². The van der Waals surface area contributed by atoms with E-state index < -0.39 is 0 Å². The van der Waals surface area contributed by atoms with Crippen LogP contribution in [-0.4, -0.2) is 19.2 Å². The zero-order valence-electron chi connectivity index (χ0n) is 10.7. The minimum absolute atomic E-state index is 0.203. The molecule has 0 aliphatic carbocycles. The van der Waals surface area contributed by atoms with E-state index in [0.29, 0.717) is 21.9 Å². The maximum absolute atomic E-state index is 6.11. The van der Waals surface area contributed by atoms with Gasteiger partial charge in [-0.05, 0) is 37.1 Å². The van der Waals surface area contributed by atoms with E-state index in [4.69, 9.17) is 27.9 Å². The Morgan fingerprint density at radius 3 is 2.39 bits per heavy atom. The van der Waals surface area contributed by atoms with Crippen molar-refractivity contribution in [2.75, 3.05) is 13.1 Å². The Labute approximate surface area is 119 Å². The molecule has 0 radical (unpaired) electrons. The third-order valence-corrected chi connectivity index (χ3v) is 3.76. The molecule has 1 aliphatic rings. The van der Waals surface area contributed by atoms with Crippen LogP contribution in [0.4, 0.5) is 0 Å². The lowest BCUT2D eigenvalue weighted by molar-refractivity contribution is 0.0974. The molecule has 1 aromatic carbocycles. The van der Waals surface area contributed by atoms with Gasteiger partial charge in [0, 0.05) is 22.5 Å². The average Bonchev–Trinajstić information content (AvgIpc) is 2.77. The first-order chi connectivity index (χ1) is 8.56. The van der Waals surface area contributed by atoms with Gasteiger partial charge in [0.1, 0.15) is 11.9 Å². The van der Waals surface area contributed by atoms with Gasteiger partial charge in [-0.25, -0.2) is 0 Å². The summed E-state index contributed by atoms with van der Waals surface area (Å²) in [6.45, 7) is 6.48. The number of benzene rings is 1. The summed E-state index contributed by atoms with van der Waals surface area (Å²) < 4.78 is 6.11. The van der Waals surface area contributed by atoms with Gasteiger partial charge in [0.05, 0.1) is 0 Å². The minimum atomic E-state index is 0.203. The van der Waals surface area contributed by atoms with Gasteiger partial charge in [0.2, 0.25) is 0 Å². The number of ether oxygens (including phenoxy) is 1. The SMILES string of the molecule is CC(C)[C@@H](Oc1cc(Cl)cc(Cl)c1)C1CCNC1. The fourth-order valence-electron chi connectivity index (χ4n) is 2.49. The van der Waals surface area contributed by atoms with Crippen molar-refractivity contribution in [3.63, 3.8) is 0 Å². The molecule has 0 saturated carbocycles. The number of halogens is 2. The summed E-state index contributed by atoms with van der Waals surface area (Å²) in [7, 11) is 0. The average molecular weight is 288 g/mol. The van der Waals surface area contributed by atoms with Crippen molar-refractivity contribution in [1.82, 2.24) is 5.32 Å². The summed E-state index contributed by atoms with van der Waals surface area (Å²) in [5.41, 5.74) is 0. The highest BCUT2D eigenvalue weighted by molar-refractivity contribution is 6.34. The van der Waals surface area contributed by atoms with E-state index in [2.05, 4.69) is 19.2 Å². The third kappa shape index (κ3) is 3.53. The highest BCUT2D eigenvalue weighted by Gasteiger charge is 2.29. The van der Waals surface area contributed by atoms with E-state index in [1.807, 2.05) is 12.1 Å². The zero-order chi connectivity index (χ0) is 13.1. The molecule has 0 aromatic heterocycles. The smallest absolute Gasteiger partial charge is 0.122 e. The lowest BCUT2D eigenvalue weighted by Crippen LogP contribution is -2.33. The normalized spacial score (nSPS) is 21.3. The Bertz CT molecular complexity index is 383. The molecule has 1 N–H and O–H groups in total. The first-order valence-electron chi connectivity index (χ1n) is 6.39. The van der Waals surface area contributed by atoms with E-state index in [1.54, 1.807) is 6.07 Å². The molecule has 2 nitrogen and oxygen atoms in total. The molecule has 100 valence electrons. The topological polar surface area (TPSA) is 21.3 Å². The maximum Gasteiger partial charge on any atom is 0.122 e. The van der Waals surface area contributed by atoms with Crippen molar-refractivity contribution >= 4 is 23.2 Å². The maximum atomic E-state index is 6.11. The van der Waals surface area contributed by atoms with Crippen LogP contribution in [0.25, 0.3) is 0 Å². The Morgan fingerprint density at radius 1 is 1.22 bits per heavy atom. The zero-order valence-corrected chi connectivity index (χ0v) is 12.3. The molecule has 1 unspecified atom stereocenters. The van der Waals surface area contributed by atoms with Gasteiger partial charge in [-0.15, -0.1) is 0 Å². The molecule has 1 aromatic rings. The summed E-state index contributed by atoms with van der Waals surface area (Å²) in [5, 5.41) is 4.61. The molecule has 1 fully saturated rings. The summed E-state index contributed by atoms with van der Waals surface area (Å²) in [5.74, 6) is 1.79. The molecule has 1 heterocycles. The fraction of sp³-hybridized carbons (Fsp3) is 0.571. The fourth-order valence-corrected chi connectivity index (χ4v) is 2.99. The molecule has 0 bridgehead atoms. The monoisotopic (exact) mass is 287 g/mol. The summed E-state index contributed by atoms with van der Waals surface area (Å²) >= 11 is 12.0. The van der Waals surface area contributed by atoms with Gasteiger partial charge in [-0.2, -0.15) is 0 Å². The van der Waals surface area contributed by atoms with Gasteiger partial charge < -0.3 is 10.1 Å². The molecule has 2 atom stereocenters. The van der Waals surface area contributed by atoms with Crippen LogP contribution < -0.4 is 10.1 Å². The van der Waals surface area contributed by atoms with E-state index in [1.165, 1.54) is 0 Å². The Morgan fingerprint density at radius 2 is 1.89 bits per heavy atom. The summed E-state index contributed by atoms with van der Waals surface area (Å²) in [6, 6.07) is 5.37. The van der Waals surface area contributed by atoms with E-state index >= 15 is 0 Å². The summed E-state index contributed by atoms with van der Waals surface area (Å²) in [4.78, 5) is 0. The number of hydrogen-bond donors (Lipinski definition) is 1. The van der Waals surface area contributed by atoms with Gasteiger partial charge in [0.25, 0.3) is 0 Å². The van der Waals surface area contributed by atoms with Crippen LogP contribution in [0.1, 0.15) is 20.3 Å². The van der Waals surface area contributed by atoms with Crippen molar-refractivity contribution in [2.45, 2.75) is 26.4 Å². The molecule has 0 spiro atoms. The van der Waals surface area contributed by atoms with Gasteiger partial charge in [0.15, 0.2) is 0 Å². The Hall–Kier alpha value is -0.440. The predicted octanol–water partition coefficient (Wildman–Crippen LogP) is 4.01. The number of rotatable bonds is 4. The van der Waals surface area contributed by atoms with Crippen LogP contribution in [-0.2, 0) is 0 Å². The van der Waals surface area contributed by atoms with Crippen LogP contribution in [0.2, 0.25) is 10.0 Å². The summed E-state index contributed by atoms with van der Waals surface area (Å²) in [6.07, 6.45) is 1.37. The highest BCUT2D eigenvalue weighted by atomic mass is 35.5. The predicted molar refractivity (Wildman–Crippen MR) is 76.7 cm³/mol. The van der Waals surface area contributed by atoms with E-state index in [0.717, 1.165) is 25.3 Å². The van der Waals surface area contributed by atoms with Crippen LogP contribution >= 0.6 is 23.2 Å². The lowest BCUT2D eigenvalue weighted by atomic mass is 9.92. The second kappa shape index (κ2) is 6.14. The second-order valence-electron chi connectivity index (χ2n) is 5.18. The van der Waals surface area contributed by atoms with Crippen LogP contribution in [0.15, 0.2) is 18.2 Å². The first kappa shape index (κ1) is 14.0. The molecule has 1 aliphatic heterocycles. The highest BCUT2D eigenvalue weighted by Crippen LogP contribution is 2.29. The third-order valence-electron chi connectivity index (χ3n) is 3.33. The largest absolute Gasteiger partial charge is 0.490 e. The van der Waals surface area contributed by atoms with Crippen molar-refractivity contribution < 1.29 is 4.74 Å². The molecule has 1 saturated heterocycles. The molecule has 18 heavy (non-hydrogen) atoms. The minimum Gasteiger partial charge on any atom is -0.490 e. The molecular weight excluding hydrogens is 269 g/mol. The Balaban J connectivity index is 2.12. The van der Waals surface area contributed by atoms with Crippen molar-refractivity contribution in [3.8, 4) is 5.75 Å². The quantitative estimate of drug-likeness (QED) is 0.904. The molecule has 2 rings (SSSR count). The standard InChI is InChI=1S/C14H19Cl2NO/c1-9(2)14(10-3-4-17-8-10)18-13-6-11(15)5-12(16)7-13/h5-7,9-10,14,17H,3-4,8H2,1-2H3/t10?,14-/m1/s1. The Kier molecular flexibility index (Phi) is 4.77. The number of hydrogen-bond acceptors (Lipinski definition) is 2. The van der Waals surface area contributed by atoms with Crippen molar-refractivity contribution in [2.24, 2.45) is 11.8 Å². The molecule has 4 heteroatoms. The van der Waals surface area contributed by atoms with Crippen LogP contribution in [0.5, 0.6) is 5.75 Å². The van der Waals surface area contributed by atoms with E-state index in [-0.39, 0.29) is 6.10 Å². The second-order valence-corrected chi connectivity index (χ2v) is 6.06. The van der Waals surface area contributed by atoms with Crippen LogP contribution in [0, 0.1) is 11.8 Å². The number of nitrogens with one attached hydrogen (secondary N) is 1. The lowest BCUT2D eigenvalue weighted by Gasteiger charge is -2.27. The first-order valence-corrected chi connectivity index (χ1v) is 7.15. The van der Waals surface area contributed by atoms with E-state index in [9.17, 15) is 0 Å². The van der Waals surface area contributed by atoms with Gasteiger partial charge in [-0.1, -0.05) is 37.0 Å². The van der Waals surface area contributed by atoms with Gasteiger partial charge in [-0.3, -0.25) is 0 Å². The molecule has 0 amide bonds. The van der Waals surface area contributed by atoms with Gasteiger partial charge >= 0.3 is 0 Å². The molecular formula is C14H19Cl2NO. The van der Waals surface area contributed by atoms with Crippen LogP contribution in [0.3, 0.4) is 0 Å².